The van der Waals surface area contributed by atoms with Crippen LogP contribution in [0.4, 0.5) is 0 Å². The molecule has 1 aliphatic carbocycles. The molecule has 21 heavy (non-hydrogen) atoms. The molecule has 1 aromatic rings. The second kappa shape index (κ2) is 7.60. The van der Waals surface area contributed by atoms with Gasteiger partial charge in [-0.05, 0) is 37.7 Å². The molecule has 0 aliphatic heterocycles. The Kier molecular flexibility index (Phi) is 5.80. The molecule has 3 nitrogen and oxygen atoms in total. The maximum Gasteiger partial charge on any atom is 0.239 e. The molecule has 2 rings (SSSR count). The molecule has 1 saturated carbocycles. The van der Waals surface area contributed by atoms with Crippen LogP contribution >= 0.6 is 0 Å². The van der Waals surface area contributed by atoms with Gasteiger partial charge in [0.05, 0.1) is 12.1 Å². The molecule has 2 N–H and O–H groups in total. The SMILES string of the molecule is CCCC(N)C(=O)N(CC1CCC1)C(C)c1ccccc1. The Labute approximate surface area is 128 Å². The standard InChI is InChI=1S/C18H28N2O/c1-3-8-17(19)18(21)20(13-15-9-7-10-15)14(2)16-11-5-4-6-12-16/h4-6,11-12,14-15,17H,3,7-10,13,19H2,1-2H3. The summed E-state index contributed by atoms with van der Waals surface area (Å²) in [6, 6.07) is 10.0. The number of carbonyl (C=O) groups is 1. The van der Waals surface area contributed by atoms with Gasteiger partial charge in [0.15, 0.2) is 0 Å². The van der Waals surface area contributed by atoms with Gasteiger partial charge in [-0.3, -0.25) is 4.79 Å². The molecule has 0 aromatic heterocycles. The van der Waals surface area contributed by atoms with Gasteiger partial charge in [-0.2, -0.15) is 0 Å². The summed E-state index contributed by atoms with van der Waals surface area (Å²) in [5.41, 5.74) is 7.28. The fraction of sp³-hybridized carbons (Fsp3) is 0.611. The quantitative estimate of drug-likeness (QED) is 0.834. The van der Waals surface area contributed by atoms with E-state index >= 15 is 0 Å². The minimum Gasteiger partial charge on any atom is -0.334 e. The largest absolute Gasteiger partial charge is 0.334 e. The van der Waals surface area contributed by atoms with Crippen LogP contribution in [0, 0.1) is 5.92 Å². The Morgan fingerprint density at radius 1 is 1.33 bits per heavy atom. The van der Waals surface area contributed by atoms with E-state index in [4.69, 9.17) is 5.73 Å². The summed E-state index contributed by atoms with van der Waals surface area (Å²) in [5.74, 6) is 0.772. The Morgan fingerprint density at radius 2 is 2.00 bits per heavy atom. The summed E-state index contributed by atoms with van der Waals surface area (Å²) < 4.78 is 0. The van der Waals surface area contributed by atoms with E-state index in [0.29, 0.717) is 5.92 Å². The fourth-order valence-electron chi connectivity index (χ4n) is 2.95. The summed E-state index contributed by atoms with van der Waals surface area (Å²) >= 11 is 0. The Balaban J connectivity index is 2.12. The summed E-state index contributed by atoms with van der Waals surface area (Å²) in [6.45, 7) is 5.04. The van der Waals surface area contributed by atoms with E-state index in [-0.39, 0.29) is 18.0 Å². The highest BCUT2D eigenvalue weighted by atomic mass is 16.2. The van der Waals surface area contributed by atoms with E-state index in [0.717, 1.165) is 19.4 Å². The third-order valence-electron chi connectivity index (χ3n) is 4.63. The number of amides is 1. The molecule has 0 radical (unpaired) electrons. The minimum atomic E-state index is -0.360. The number of benzene rings is 1. The minimum absolute atomic E-state index is 0.0993. The molecule has 0 spiro atoms. The van der Waals surface area contributed by atoms with Crippen LogP contribution in [0.25, 0.3) is 0 Å². The zero-order valence-corrected chi connectivity index (χ0v) is 13.3. The second-order valence-corrected chi connectivity index (χ2v) is 6.27. The molecule has 0 heterocycles. The predicted molar refractivity (Wildman–Crippen MR) is 86.8 cm³/mol. The molecule has 1 aromatic carbocycles. The lowest BCUT2D eigenvalue weighted by atomic mass is 9.84. The van der Waals surface area contributed by atoms with Crippen molar-refractivity contribution in [2.45, 2.75) is 58.0 Å². The van der Waals surface area contributed by atoms with E-state index in [1.165, 1.54) is 24.8 Å². The summed E-state index contributed by atoms with van der Waals surface area (Å²) in [6.07, 6.45) is 5.50. The first-order chi connectivity index (χ1) is 10.1. The fourth-order valence-corrected chi connectivity index (χ4v) is 2.95. The van der Waals surface area contributed by atoms with Gasteiger partial charge in [-0.1, -0.05) is 50.1 Å². The van der Waals surface area contributed by atoms with Crippen molar-refractivity contribution in [3.05, 3.63) is 35.9 Å². The van der Waals surface area contributed by atoms with Crippen LogP contribution in [0.15, 0.2) is 30.3 Å². The van der Waals surface area contributed by atoms with Crippen LogP contribution in [0.2, 0.25) is 0 Å². The van der Waals surface area contributed by atoms with E-state index < -0.39 is 0 Å². The molecule has 1 aliphatic rings. The smallest absolute Gasteiger partial charge is 0.239 e. The van der Waals surface area contributed by atoms with Crippen molar-refractivity contribution in [2.24, 2.45) is 11.7 Å². The van der Waals surface area contributed by atoms with Gasteiger partial charge in [-0.25, -0.2) is 0 Å². The van der Waals surface area contributed by atoms with Crippen LogP contribution in [-0.4, -0.2) is 23.4 Å². The molecule has 1 fully saturated rings. The van der Waals surface area contributed by atoms with Gasteiger partial charge in [-0.15, -0.1) is 0 Å². The zero-order valence-electron chi connectivity index (χ0n) is 13.3. The third kappa shape index (κ3) is 4.07. The molecule has 3 heteroatoms. The number of carbonyl (C=O) groups excluding carboxylic acids is 1. The van der Waals surface area contributed by atoms with Crippen LogP contribution in [-0.2, 0) is 4.79 Å². The maximum absolute atomic E-state index is 12.7. The molecule has 116 valence electrons. The molecule has 0 bridgehead atoms. The first kappa shape index (κ1) is 16.0. The lowest BCUT2D eigenvalue weighted by Gasteiger charge is -2.37. The Bertz CT molecular complexity index is 442. The third-order valence-corrected chi connectivity index (χ3v) is 4.63. The molecule has 2 unspecified atom stereocenters. The lowest BCUT2D eigenvalue weighted by molar-refractivity contribution is -0.136. The number of hydrogen-bond donors (Lipinski definition) is 1. The Hall–Kier alpha value is -1.35. The number of rotatable bonds is 7. The molecular formula is C18H28N2O. The van der Waals surface area contributed by atoms with Gasteiger partial charge in [0.2, 0.25) is 5.91 Å². The van der Waals surface area contributed by atoms with Crippen molar-refractivity contribution in [3.63, 3.8) is 0 Å². The number of nitrogens with two attached hydrogens (primary N) is 1. The second-order valence-electron chi connectivity index (χ2n) is 6.27. The summed E-state index contributed by atoms with van der Waals surface area (Å²) in [5, 5.41) is 0. The van der Waals surface area contributed by atoms with Crippen molar-refractivity contribution in [2.75, 3.05) is 6.54 Å². The van der Waals surface area contributed by atoms with Crippen LogP contribution in [0.5, 0.6) is 0 Å². The van der Waals surface area contributed by atoms with Gasteiger partial charge in [0, 0.05) is 6.54 Å². The molecule has 1 amide bonds. The monoisotopic (exact) mass is 288 g/mol. The van der Waals surface area contributed by atoms with E-state index in [2.05, 4.69) is 26.0 Å². The highest BCUT2D eigenvalue weighted by molar-refractivity contribution is 5.82. The zero-order chi connectivity index (χ0) is 15.2. The first-order valence-electron chi connectivity index (χ1n) is 8.24. The highest BCUT2D eigenvalue weighted by Crippen LogP contribution is 2.31. The first-order valence-corrected chi connectivity index (χ1v) is 8.24. The summed E-state index contributed by atoms with van der Waals surface area (Å²) in [7, 11) is 0. The number of nitrogens with zero attached hydrogens (tertiary/aromatic N) is 1. The lowest BCUT2D eigenvalue weighted by Crippen LogP contribution is -2.47. The van der Waals surface area contributed by atoms with Gasteiger partial charge < -0.3 is 10.6 Å². The van der Waals surface area contributed by atoms with E-state index in [9.17, 15) is 4.79 Å². The highest BCUT2D eigenvalue weighted by Gasteiger charge is 2.30. The number of hydrogen-bond acceptors (Lipinski definition) is 2. The van der Waals surface area contributed by atoms with Gasteiger partial charge in [0.25, 0.3) is 0 Å². The van der Waals surface area contributed by atoms with Crippen molar-refractivity contribution < 1.29 is 4.79 Å². The average molecular weight is 288 g/mol. The molecule has 2 atom stereocenters. The van der Waals surface area contributed by atoms with Crippen LogP contribution in [0.3, 0.4) is 0 Å². The predicted octanol–water partition coefficient (Wildman–Crippen LogP) is 3.50. The van der Waals surface area contributed by atoms with E-state index in [1.807, 2.05) is 23.1 Å². The van der Waals surface area contributed by atoms with Crippen molar-refractivity contribution in [1.29, 1.82) is 0 Å². The van der Waals surface area contributed by atoms with Crippen LogP contribution in [0.1, 0.15) is 57.6 Å². The average Bonchev–Trinajstić information content (AvgIpc) is 2.46. The normalized spacial score (nSPS) is 17.9. The van der Waals surface area contributed by atoms with Crippen molar-refractivity contribution in [3.8, 4) is 0 Å². The molecule has 0 saturated heterocycles. The van der Waals surface area contributed by atoms with Gasteiger partial charge >= 0.3 is 0 Å². The van der Waals surface area contributed by atoms with Crippen molar-refractivity contribution in [1.82, 2.24) is 4.90 Å². The Morgan fingerprint density at radius 3 is 2.52 bits per heavy atom. The van der Waals surface area contributed by atoms with E-state index in [1.54, 1.807) is 0 Å². The van der Waals surface area contributed by atoms with Crippen molar-refractivity contribution >= 4 is 5.91 Å². The topological polar surface area (TPSA) is 46.3 Å². The van der Waals surface area contributed by atoms with Gasteiger partial charge in [0.1, 0.15) is 0 Å². The summed E-state index contributed by atoms with van der Waals surface area (Å²) in [4.78, 5) is 14.7. The van der Waals surface area contributed by atoms with Crippen LogP contribution < -0.4 is 5.73 Å². The maximum atomic E-state index is 12.7. The molecular weight excluding hydrogens is 260 g/mol.